The van der Waals surface area contributed by atoms with Crippen molar-refractivity contribution in [3.05, 3.63) is 29.6 Å². The fraction of sp³-hybridized carbons (Fsp3) is 0.571. The van der Waals surface area contributed by atoms with Gasteiger partial charge < -0.3 is 10.6 Å². The van der Waals surface area contributed by atoms with Crippen molar-refractivity contribution in [2.24, 2.45) is 11.1 Å². The molecule has 4 nitrogen and oxygen atoms in total. The smallest absolute Gasteiger partial charge is 0.255 e. The number of nitrogens with zero attached hydrogens (tertiary/aromatic N) is 2. The lowest BCUT2D eigenvalue weighted by Crippen LogP contribution is -2.44. The largest absolute Gasteiger partial charge is 0.339 e. The van der Waals surface area contributed by atoms with Crippen LogP contribution in [-0.2, 0) is 0 Å². The molecule has 2 N–H and O–H groups in total. The summed E-state index contributed by atoms with van der Waals surface area (Å²) in [6.07, 6.45) is 5.37. The molecule has 1 aliphatic heterocycles. The van der Waals surface area contributed by atoms with Crippen molar-refractivity contribution < 1.29 is 4.79 Å². The van der Waals surface area contributed by atoms with E-state index in [1.807, 2.05) is 17.9 Å². The van der Waals surface area contributed by atoms with Gasteiger partial charge in [-0.3, -0.25) is 9.78 Å². The van der Waals surface area contributed by atoms with Gasteiger partial charge in [-0.1, -0.05) is 6.92 Å². The number of aryl methyl sites for hydroxylation is 1. The Kier molecular flexibility index (Phi) is 3.66. The van der Waals surface area contributed by atoms with Crippen molar-refractivity contribution in [1.82, 2.24) is 9.88 Å². The SMILES string of the molecule is Cc1cncc(C(=O)N2CCC(C)(CN)CC2)c1. The second kappa shape index (κ2) is 5.06. The van der Waals surface area contributed by atoms with E-state index < -0.39 is 0 Å². The Morgan fingerprint density at radius 1 is 1.44 bits per heavy atom. The highest BCUT2D eigenvalue weighted by Crippen LogP contribution is 2.29. The number of carbonyl (C=O) groups excluding carboxylic acids is 1. The van der Waals surface area contributed by atoms with E-state index in [4.69, 9.17) is 5.73 Å². The number of likely N-dealkylation sites (tertiary alicyclic amines) is 1. The van der Waals surface area contributed by atoms with Gasteiger partial charge in [0.05, 0.1) is 5.56 Å². The van der Waals surface area contributed by atoms with E-state index in [-0.39, 0.29) is 11.3 Å². The molecule has 0 radical (unpaired) electrons. The monoisotopic (exact) mass is 247 g/mol. The summed E-state index contributed by atoms with van der Waals surface area (Å²) in [6, 6.07) is 1.89. The van der Waals surface area contributed by atoms with Gasteiger partial charge in [-0.2, -0.15) is 0 Å². The van der Waals surface area contributed by atoms with Crippen LogP contribution in [-0.4, -0.2) is 35.4 Å². The molecule has 2 rings (SSSR count). The van der Waals surface area contributed by atoms with Crippen LogP contribution in [0, 0.1) is 12.3 Å². The summed E-state index contributed by atoms with van der Waals surface area (Å²) in [6.45, 7) is 6.43. The third-order valence-electron chi connectivity index (χ3n) is 3.87. The molecule has 0 unspecified atom stereocenters. The maximum absolute atomic E-state index is 12.3. The van der Waals surface area contributed by atoms with E-state index in [2.05, 4.69) is 11.9 Å². The highest BCUT2D eigenvalue weighted by Gasteiger charge is 2.30. The molecule has 1 aromatic heterocycles. The van der Waals surface area contributed by atoms with E-state index in [0.717, 1.165) is 31.5 Å². The number of hydrogen-bond donors (Lipinski definition) is 1. The number of rotatable bonds is 2. The number of piperidine rings is 1. The maximum Gasteiger partial charge on any atom is 0.255 e. The van der Waals surface area contributed by atoms with Crippen LogP contribution in [0.4, 0.5) is 0 Å². The Labute approximate surface area is 108 Å². The highest BCUT2D eigenvalue weighted by molar-refractivity contribution is 5.94. The zero-order valence-corrected chi connectivity index (χ0v) is 11.1. The topological polar surface area (TPSA) is 59.2 Å². The zero-order valence-electron chi connectivity index (χ0n) is 11.1. The summed E-state index contributed by atoms with van der Waals surface area (Å²) in [5.74, 6) is 0.0882. The third kappa shape index (κ3) is 2.70. The number of nitrogens with two attached hydrogens (primary N) is 1. The van der Waals surface area contributed by atoms with Gasteiger partial charge in [-0.25, -0.2) is 0 Å². The minimum Gasteiger partial charge on any atom is -0.339 e. The Morgan fingerprint density at radius 3 is 2.67 bits per heavy atom. The maximum atomic E-state index is 12.3. The second-order valence-electron chi connectivity index (χ2n) is 5.56. The van der Waals surface area contributed by atoms with E-state index in [1.165, 1.54) is 0 Å². The number of aromatic nitrogens is 1. The van der Waals surface area contributed by atoms with Gasteiger partial charge in [0, 0.05) is 25.5 Å². The van der Waals surface area contributed by atoms with Gasteiger partial charge in [-0.05, 0) is 43.4 Å². The molecule has 1 aliphatic rings. The number of amides is 1. The lowest BCUT2D eigenvalue weighted by Gasteiger charge is -2.38. The molecule has 98 valence electrons. The van der Waals surface area contributed by atoms with Crippen molar-refractivity contribution in [2.45, 2.75) is 26.7 Å². The van der Waals surface area contributed by atoms with Gasteiger partial charge in [-0.15, -0.1) is 0 Å². The van der Waals surface area contributed by atoms with Crippen molar-refractivity contribution in [1.29, 1.82) is 0 Å². The van der Waals surface area contributed by atoms with Crippen LogP contribution >= 0.6 is 0 Å². The van der Waals surface area contributed by atoms with Crippen LogP contribution in [0.15, 0.2) is 18.5 Å². The Balaban J connectivity index is 2.04. The highest BCUT2D eigenvalue weighted by atomic mass is 16.2. The van der Waals surface area contributed by atoms with Crippen LogP contribution in [0.2, 0.25) is 0 Å². The first-order valence-electron chi connectivity index (χ1n) is 6.45. The second-order valence-corrected chi connectivity index (χ2v) is 5.56. The first-order chi connectivity index (χ1) is 8.54. The predicted molar refractivity (Wildman–Crippen MR) is 71.3 cm³/mol. The van der Waals surface area contributed by atoms with Gasteiger partial charge in [0.1, 0.15) is 0 Å². The number of pyridine rings is 1. The quantitative estimate of drug-likeness (QED) is 0.863. The minimum atomic E-state index is 0.0882. The van der Waals surface area contributed by atoms with Crippen LogP contribution in [0.5, 0.6) is 0 Å². The molecule has 0 spiro atoms. The molecule has 2 heterocycles. The van der Waals surface area contributed by atoms with Crippen molar-refractivity contribution >= 4 is 5.91 Å². The number of carbonyl (C=O) groups is 1. The van der Waals surface area contributed by atoms with Gasteiger partial charge in [0.25, 0.3) is 5.91 Å². The molecule has 1 saturated heterocycles. The summed E-state index contributed by atoms with van der Waals surface area (Å²) in [4.78, 5) is 18.3. The molecule has 1 fully saturated rings. The average Bonchev–Trinajstić information content (AvgIpc) is 2.39. The Morgan fingerprint density at radius 2 is 2.11 bits per heavy atom. The molecule has 0 aromatic carbocycles. The fourth-order valence-corrected chi connectivity index (χ4v) is 2.31. The molecular weight excluding hydrogens is 226 g/mol. The standard InChI is InChI=1S/C14H21N3O/c1-11-7-12(9-16-8-11)13(18)17-5-3-14(2,10-15)4-6-17/h7-9H,3-6,10,15H2,1-2H3. The average molecular weight is 247 g/mol. The Bertz CT molecular complexity index is 436. The normalized spacial score (nSPS) is 18.7. The summed E-state index contributed by atoms with van der Waals surface area (Å²) >= 11 is 0. The Hall–Kier alpha value is -1.42. The van der Waals surface area contributed by atoms with E-state index in [1.54, 1.807) is 12.4 Å². The van der Waals surface area contributed by atoms with Crippen molar-refractivity contribution in [3.63, 3.8) is 0 Å². The molecule has 4 heteroatoms. The van der Waals surface area contributed by atoms with Crippen LogP contribution in [0.25, 0.3) is 0 Å². The number of hydrogen-bond acceptors (Lipinski definition) is 3. The third-order valence-corrected chi connectivity index (χ3v) is 3.87. The van der Waals surface area contributed by atoms with E-state index in [0.29, 0.717) is 12.1 Å². The van der Waals surface area contributed by atoms with Gasteiger partial charge in [0.15, 0.2) is 0 Å². The lowest BCUT2D eigenvalue weighted by molar-refractivity contribution is 0.0617. The molecule has 0 aliphatic carbocycles. The molecule has 1 amide bonds. The summed E-state index contributed by atoms with van der Waals surface area (Å²) < 4.78 is 0. The molecular formula is C14H21N3O. The lowest BCUT2D eigenvalue weighted by atomic mass is 9.80. The first kappa shape index (κ1) is 13.0. The fourth-order valence-electron chi connectivity index (χ4n) is 2.31. The van der Waals surface area contributed by atoms with Crippen molar-refractivity contribution in [3.8, 4) is 0 Å². The van der Waals surface area contributed by atoms with Gasteiger partial charge >= 0.3 is 0 Å². The van der Waals surface area contributed by atoms with Crippen LogP contribution in [0.3, 0.4) is 0 Å². The zero-order chi connectivity index (χ0) is 13.2. The molecule has 18 heavy (non-hydrogen) atoms. The summed E-state index contributed by atoms with van der Waals surface area (Å²) in [7, 11) is 0. The molecule has 0 saturated carbocycles. The molecule has 1 aromatic rings. The minimum absolute atomic E-state index is 0.0882. The van der Waals surface area contributed by atoms with E-state index >= 15 is 0 Å². The van der Waals surface area contributed by atoms with Gasteiger partial charge in [0.2, 0.25) is 0 Å². The summed E-state index contributed by atoms with van der Waals surface area (Å²) in [5.41, 5.74) is 7.68. The first-order valence-corrected chi connectivity index (χ1v) is 6.45. The molecule has 0 atom stereocenters. The summed E-state index contributed by atoms with van der Waals surface area (Å²) in [5, 5.41) is 0. The van der Waals surface area contributed by atoms with Crippen LogP contribution in [0.1, 0.15) is 35.7 Å². The molecule has 0 bridgehead atoms. The van der Waals surface area contributed by atoms with Crippen LogP contribution < -0.4 is 5.73 Å². The van der Waals surface area contributed by atoms with E-state index in [9.17, 15) is 4.79 Å². The van der Waals surface area contributed by atoms with Crippen molar-refractivity contribution in [2.75, 3.05) is 19.6 Å². The predicted octanol–water partition coefficient (Wildman–Crippen LogP) is 1.59.